The Morgan fingerprint density at radius 1 is 1.05 bits per heavy atom. The van der Waals surface area contributed by atoms with Crippen LogP contribution in [0.3, 0.4) is 0 Å². The van der Waals surface area contributed by atoms with Gasteiger partial charge >= 0.3 is 0 Å². The summed E-state index contributed by atoms with van der Waals surface area (Å²) < 4.78 is 36.0. The molecular weight excluding hydrogens is 302 g/mol. The molecule has 1 aliphatic heterocycles. The average Bonchev–Trinajstić information content (AvgIpc) is 2.42. The van der Waals surface area contributed by atoms with Crippen molar-refractivity contribution in [3.63, 3.8) is 0 Å². The Bertz CT molecular complexity index is 588. The predicted octanol–water partition coefficient (Wildman–Crippen LogP) is -0.827. The van der Waals surface area contributed by atoms with Crippen molar-refractivity contribution in [1.82, 2.24) is 0 Å². The molecule has 0 aromatic heterocycles. The Labute approximate surface area is 121 Å². The van der Waals surface area contributed by atoms with Crippen LogP contribution in [0.5, 0.6) is 0 Å². The van der Waals surface area contributed by atoms with E-state index in [2.05, 4.69) is 5.32 Å². The van der Waals surface area contributed by atoms with Crippen molar-refractivity contribution in [2.45, 2.75) is 42.5 Å². The standard InChI is InChI=1S/C12H17NO7S/c1-6-9(14)10(15)11(16)12(20-6)13-7-2-4-8(5-3-7)21(17,18)19/h2-6,9-16H,1H3,(H,17,18,19). The van der Waals surface area contributed by atoms with Gasteiger partial charge in [0.2, 0.25) is 0 Å². The summed E-state index contributed by atoms with van der Waals surface area (Å²) in [6.45, 7) is 1.55. The van der Waals surface area contributed by atoms with Gasteiger partial charge in [-0.15, -0.1) is 0 Å². The van der Waals surface area contributed by atoms with Gasteiger partial charge in [-0.2, -0.15) is 8.42 Å². The predicted molar refractivity (Wildman–Crippen MR) is 72.2 cm³/mol. The van der Waals surface area contributed by atoms with Crippen molar-refractivity contribution in [3.8, 4) is 0 Å². The van der Waals surface area contributed by atoms with E-state index in [0.29, 0.717) is 5.69 Å². The van der Waals surface area contributed by atoms with Gasteiger partial charge in [-0.25, -0.2) is 0 Å². The van der Waals surface area contributed by atoms with E-state index in [1.165, 1.54) is 24.3 Å². The number of aliphatic hydroxyl groups is 3. The van der Waals surface area contributed by atoms with Crippen molar-refractivity contribution < 1.29 is 33.0 Å². The molecule has 1 heterocycles. The summed E-state index contributed by atoms with van der Waals surface area (Å²) >= 11 is 0. The fraction of sp³-hybridized carbons (Fsp3) is 0.500. The maximum atomic E-state index is 10.9. The molecule has 1 aromatic carbocycles. The van der Waals surface area contributed by atoms with Crippen LogP contribution in [-0.2, 0) is 14.9 Å². The number of ether oxygens (including phenoxy) is 1. The molecule has 5 atom stereocenters. The largest absolute Gasteiger partial charge is 0.388 e. The van der Waals surface area contributed by atoms with Gasteiger partial charge < -0.3 is 25.4 Å². The van der Waals surface area contributed by atoms with E-state index in [1.807, 2.05) is 0 Å². The number of anilines is 1. The SMILES string of the molecule is CC1OC(Nc2ccc(S(=O)(=O)O)cc2)C(O)C(O)C1O. The van der Waals surface area contributed by atoms with Crippen LogP contribution in [0.15, 0.2) is 29.2 Å². The van der Waals surface area contributed by atoms with Gasteiger partial charge in [0, 0.05) is 5.69 Å². The van der Waals surface area contributed by atoms with Gasteiger partial charge in [-0.1, -0.05) is 0 Å². The molecule has 0 aliphatic carbocycles. The number of nitrogens with one attached hydrogen (secondary N) is 1. The fourth-order valence-corrected chi connectivity index (χ4v) is 2.54. The van der Waals surface area contributed by atoms with Crippen LogP contribution in [0, 0.1) is 0 Å². The first-order valence-corrected chi connectivity index (χ1v) is 7.68. The molecule has 5 unspecified atom stereocenters. The van der Waals surface area contributed by atoms with Crippen molar-refractivity contribution in [3.05, 3.63) is 24.3 Å². The summed E-state index contributed by atoms with van der Waals surface area (Å²) in [5, 5.41) is 31.9. The zero-order chi connectivity index (χ0) is 15.8. The molecule has 1 saturated heterocycles. The molecular formula is C12H17NO7S. The summed E-state index contributed by atoms with van der Waals surface area (Å²) in [7, 11) is -4.27. The average molecular weight is 319 g/mol. The molecule has 21 heavy (non-hydrogen) atoms. The lowest BCUT2D eigenvalue weighted by Crippen LogP contribution is -2.58. The Morgan fingerprint density at radius 2 is 1.62 bits per heavy atom. The molecule has 0 amide bonds. The minimum Gasteiger partial charge on any atom is -0.388 e. The second-order valence-corrected chi connectivity index (χ2v) is 6.30. The van der Waals surface area contributed by atoms with Crippen LogP contribution >= 0.6 is 0 Å². The Kier molecular flexibility index (Phi) is 4.51. The highest BCUT2D eigenvalue weighted by molar-refractivity contribution is 7.85. The Hall–Kier alpha value is -1.23. The van der Waals surface area contributed by atoms with Gasteiger partial charge in [0.25, 0.3) is 10.1 Å². The van der Waals surface area contributed by atoms with Gasteiger partial charge in [0.05, 0.1) is 11.0 Å². The van der Waals surface area contributed by atoms with Crippen molar-refractivity contribution in [1.29, 1.82) is 0 Å². The molecule has 1 aromatic rings. The first kappa shape index (κ1) is 16.1. The van der Waals surface area contributed by atoms with E-state index in [0.717, 1.165) is 0 Å². The maximum Gasteiger partial charge on any atom is 0.294 e. The van der Waals surface area contributed by atoms with E-state index in [4.69, 9.17) is 9.29 Å². The smallest absolute Gasteiger partial charge is 0.294 e. The normalized spacial score (nSPS) is 33.7. The van der Waals surface area contributed by atoms with Crippen molar-refractivity contribution >= 4 is 15.8 Å². The third-order valence-electron chi connectivity index (χ3n) is 3.31. The van der Waals surface area contributed by atoms with E-state index >= 15 is 0 Å². The monoisotopic (exact) mass is 319 g/mol. The van der Waals surface area contributed by atoms with Gasteiger partial charge in [-0.3, -0.25) is 4.55 Å². The molecule has 1 aliphatic rings. The topological polar surface area (TPSA) is 136 Å². The number of hydrogen-bond acceptors (Lipinski definition) is 7. The zero-order valence-electron chi connectivity index (χ0n) is 11.1. The van der Waals surface area contributed by atoms with Crippen molar-refractivity contribution in [2.24, 2.45) is 0 Å². The number of benzene rings is 1. The summed E-state index contributed by atoms with van der Waals surface area (Å²) in [6.07, 6.45) is -5.55. The molecule has 1 fully saturated rings. The van der Waals surface area contributed by atoms with Gasteiger partial charge in [-0.05, 0) is 31.2 Å². The summed E-state index contributed by atoms with van der Waals surface area (Å²) in [6, 6.07) is 5.12. The number of aliphatic hydroxyl groups excluding tert-OH is 3. The van der Waals surface area contributed by atoms with Crippen molar-refractivity contribution in [2.75, 3.05) is 5.32 Å². The van der Waals surface area contributed by atoms with E-state index in [-0.39, 0.29) is 4.90 Å². The zero-order valence-corrected chi connectivity index (χ0v) is 11.9. The summed E-state index contributed by atoms with van der Waals surface area (Å²) in [5.41, 5.74) is 0.419. The first-order valence-electron chi connectivity index (χ1n) is 6.24. The highest BCUT2D eigenvalue weighted by Gasteiger charge is 2.41. The lowest BCUT2D eigenvalue weighted by atomic mass is 9.99. The summed E-state index contributed by atoms with van der Waals surface area (Å²) in [5.74, 6) is 0. The second-order valence-electron chi connectivity index (χ2n) is 4.88. The van der Waals surface area contributed by atoms with Crippen LogP contribution in [0.25, 0.3) is 0 Å². The minimum atomic E-state index is -4.27. The first-order chi connectivity index (χ1) is 9.70. The molecule has 5 N–H and O–H groups in total. The van der Waals surface area contributed by atoms with Crippen LogP contribution in [0.1, 0.15) is 6.92 Å². The minimum absolute atomic E-state index is 0.262. The molecule has 0 bridgehead atoms. The number of rotatable bonds is 3. The van der Waals surface area contributed by atoms with E-state index in [1.54, 1.807) is 6.92 Å². The number of hydrogen-bond donors (Lipinski definition) is 5. The molecule has 0 saturated carbocycles. The quantitative estimate of drug-likeness (QED) is 0.456. The third kappa shape index (κ3) is 3.51. The maximum absolute atomic E-state index is 10.9. The fourth-order valence-electron chi connectivity index (χ4n) is 2.06. The highest BCUT2D eigenvalue weighted by atomic mass is 32.2. The Balaban J connectivity index is 2.11. The third-order valence-corrected chi connectivity index (χ3v) is 4.18. The molecule has 0 radical (unpaired) electrons. The van der Waals surface area contributed by atoms with Crippen LogP contribution in [-0.4, -0.2) is 58.9 Å². The molecule has 9 heteroatoms. The highest BCUT2D eigenvalue weighted by Crippen LogP contribution is 2.23. The second kappa shape index (κ2) is 5.87. The lowest BCUT2D eigenvalue weighted by Gasteiger charge is -2.39. The van der Waals surface area contributed by atoms with Crippen LogP contribution < -0.4 is 5.32 Å². The molecule has 118 valence electrons. The molecule has 0 spiro atoms. The van der Waals surface area contributed by atoms with Gasteiger partial charge in [0.15, 0.2) is 6.23 Å². The van der Waals surface area contributed by atoms with Gasteiger partial charge in [0.1, 0.15) is 18.3 Å². The molecule has 8 nitrogen and oxygen atoms in total. The molecule has 2 rings (SSSR count). The van der Waals surface area contributed by atoms with Crippen LogP contribution in [0.2, 0.25) is 0 Å². The Morgan fingerprint density at radius 3 is 2.14 bits per heavy atom. The van der Waals surface area contributed by atoms with E-state index in [9.17, 15) is 23.7 Å². The van der Waals surface area contributed by atoms with E-state index < -0.39 is 40.8 Å². The summed E-state index contributed by atoms with van der Waals surface area (Å²) in [4.78, 5) is -0.262. The lowest BCUT2D eigenvalue weighted by molar-refractivity contribution is -0.209. The van der Waals surface area contributed by atoms with Crippen LogP contribution in [0.4, 0.5) is 5.69 Å².